The highest BCUT2D eigenvalue weighted by Gasteiger charge is 2.21. The Labute approximate surface area is 115 Å². The van der Waals surface area contributed by atoms with Crippen LogP contribution in [0.5, 0.6) is 0 Å². The topological polar surface area (TPSA) is 38.3 Å². The van der Waals surface area contributed by atoms with E-state index in [1.54, 1.807) is 0 Å². The molecule has 0 aliphatic carbocycles. The Morgan fingerprint density at radius 3 is 2.68 bits per heavy atom. The van der Waals surface area contributed by atoms with Crippen molar-refractivity contribution in [3.63, 3.8) is 0 Å². The third-order valence-corrected chi connectivity index (χ3v) is 3.45. The van der Waals surface area contributed by atoms with Crippen LogP contribution in [0.4, 0.5) is 0 Å². The van der Waals surface area contributed by atoms with Crippen molar-refractivity contribution in [2.24, 2.45) is 0 Å². The molecule has 1 saturated heterocycles. The number of carbonyl (C=O) groups excluding carboxylic acids is 1. The van der Waals surface area contributed by atoms with Crippen LogP contribution >= 0.6 is 0 Å². The molecule has 2 rings (SSSR count). The Kier molecular flexibility index (Phi) is 5.11. The molecule has 1 aliphatic heterocycles. The first kappa shape index (κ1) is 14.2. The number of hydrogen-bond acceptors (Lipinski definition) is 3. The molecule has 1 aromatic rings. The first-order valence-electron chi connectivity index (χ1n) is 7.15. The quantitative estimate of drug-likeness (QED) is 0.828. The fourth-order valence-electron chi connectivity index (χ4n) is 2.49. The van der Waals surface area contributed by atoms with Crippen LogP contribution in [-0.2, 0) is 11.2 Å². The number of nitrogens with one attached hydrogen (secondary N) is 1. The van der Waals surface area contributed by atoms with E-state index in [1.165, 1.54) is 5.56 Å². The number of rotatable bonds is 5. The molecular weight excluding hydrogens is 238 g/mol. The first-order valence-corrected chi connectivity index (χ1v) is 7.15. The van der Waals surface area contributed by atoms with Crippen molar-refractivity contribution < 1.29 is 9.53 Å². The van der Waals surface area contributed by atoms with Crippen LogP contribution in [0.3, 0.4) is 0 Å². The summed E-state index contributed by atoms with van der Waals surface area (Å²) in [6, 6.07) is 8.49. The largest absolute Gasteiger partial charge is 0.378 e. The van der Waals surface area contributed by atoms with Crippen LogP contribution in [0.2, 0.25) is 0 Å². The van der Waals surface area contributed by atoms with Crippen molar-refractivity contribution in [3.05, 3.63) is 35.4 Å². The van der Waals surface area contributed by atoms with Crippen LogP contribution in [-0.4, -0.2) is 31.1 Å². The zero-order valence-corrected chi connectivity index (χ0v) is 11.8. The van der Waals surface area contributed by atoms with E-state index in [1.807, 2.05) is 12.1 Å². The highest BCUT2D eigenvalue weighted by atomic mass is 16.5. The van der Waals surface area contributed by atoms with Gasteiger partial charge in [0.1, 0.15) is 0 Å². The highest BCUT2D eigenvalue weighted by molar-refractivity contribution is 5.96. The summed E-state index contributed by atoms with van der Waals surface area (Å²) in [5.74, 6) is 0.193. The fourth-order valence-corrected chi connectivity index (χ4v) is 2.49. The van der Waals surface area contributed by atoms with Gasteiger partial charge in [0, 0.05) is 24.1 Å². The normalized spacial score (nSPS) is 23.3. The van der Waals surface area contributed by atoms with Gasteiger partial charge in [0.15, 0.2) is 5.78 Å². The van der Waals surface area contributed by atoms with E-state index in [0.717, 1.165) is 25.0 Å². The molecule has 0 amide bonds. The standard InChI is InChI=1S/C16H23NO2/c1-3-4-13-5-7-14(8-6-13)16(18)9-15-11-19-10-12(2)17-15/h5-8,12,15,17H,3-4,9-11H2,1-2H3. The lowest BCUT2D eigenvalue weighted by Crippen LogP contribution is -2.48. The Morgan fingerprint density at radius 2 is 2.05 bits per heavy atom. The molecule has 1 heterocycles. The van der Waals surface area contributed by atoms with E-state index in [9.17, 15) is 4.79 Å². The predicted octanol–water partition coefficient (Wildman–Crippen LogP) is 2.59. The second kappa shape index (κ2) is 6.83. The Morgan fingerprint density at radius 1 is 1.32 bits per heavy atom. The summed E-state index contributed by atoms with van der Waals surface area (Å²) in [5.41, 5.74) is 2.10. The van der Waals surface area contributed by atoms with Gasteiger partial charge in [-0.25, -0.2) is 0 Å². The molecule has 1 aromatic carbocycles. The maximum absolute atomic E-state index is 12.2. The van der Waals surface area contributed by atoms with E-state index in [0.29, 0.717) is 19.1 Å². The molecule has 104 valence electrons. The minimum Gasteiger partial charge on any atom is -0.378 e. The van der Waals surface area contributed by atoms with Gasteiger partial charge in [-0.3, -0.25) is 4.79 Å². The second-order valence-electron chi connectivity index (χ2n) is 5.38. The summed E-state index contributed by atoms with van der Waals surface area (Å²) in [4.78, 5) is 12.2. The van der Waals surface area contributed by atoms with Gasteiger partial charge in [-0.1, -0.05) is 37.6 Å². The number of Topliss-reactive ketones (excluding diaryl/α,β-unsaturated/α-hetero) is 1. The number of hydrogen-bond donors (Lipinski definition) is 1. The first-order chi connectivity index (χ1) is 9.19. The van der Waals surface area contributed by atoms with Crippen molar-refractivity contribution in [2.45, 2.75) is 45.2 Å². The summed E-state index contributed by atoms with van der Waals surface area (Å²) in [6.07, 6.45) is 2.72. The van der Waals surface area contributed by atoms with Crippen LogP contribution in [0.15, 0.2) is 24.3 Å². The van der Waals surface area contributed by atoms with Gasteiger partial charge in [-0.15, -0.1) is 0 Å². The lowest BCUT2D eigenvalue weighted by Gasteiger charge is -2.28. The zero-order valence-electron chi connectivity index (χ0n) is 11.8. The van der Waals surface area contributed by atoms with Gasteiger partial charge in [0.2, 0.25) is 0 Å². The van der Waals surface area contributed by atoms with Gasteiger partial charge in [0.05, 0.1) is 13.2 Å². The van der Waals surface area contributed by atoms with Crippen molar-refractivity contribution in [1.82, 2.24) is 5.32 Å². The SMILES string of the molecule is CCCc1ccc(C(=O)CC2COCC(C)N2)cc1. The van der Waals surface area contributed by atoms with E-state index in [4.69, 9.17) is 4.74 Å². The van der Waals surface area contributed by atoms with E-state index < -0.39 is 0 Å². The van der Waals surface area contributed by atoms with Crippen molar-refractivity contribution in [1.29, 1.82) is 0 Å². The van der Waals surface area contributed by atoms with Crippen molar-refractivity contribution in [3.8, 4) is 0 Å². The average molecular weight is 261 g/mol. The molecule has 0 aromatic heterocycles. The number of aryl methyl sites for hydroxylation is 1. The summed E-state index contributed by atoms with van der Waals surface area (Å²) >= 11 is 0. The predicted molar refractivity (Wildman–Crippen MR) is 76.6 cm³/mol. The third-order valence-electron chi connectivity index (χ3n) is 3.45. The van der Waals surface area contributed by atoms with Crippen LogP contribution in [0.1, 0.15) is 42.6 Å². The van der Waals surface area contributed by atoms with E-state index in [-0.39, 0.29) is 11.8 Å². The lowest BCUT2D eigenvalue weighted by molar-refractivity contribution is 0.0463. The van der Waals surface area contributed by atoms with Crippen molar-refractivity contribution >= 4 is 5.78 Å². The third kappa shape index (κ3) is 4.15. The summed E-state index contributed by atoms with van der Waals surface area (Å²) in [6.45, 7) is 5.60. The molecule has 0 spiro atoms. The summed E-state index contributed by atoms with van der Waals surface area (Å²) in [5, 5.41) is 3.40. The molecule has 0 saturated carbocycles. The number of benzene rings is 1. The molecule has 2 unspecified atom stereocenters. The van der Waals surface area contributed by atoms with Gasteiger partial charge < -0.3 is 10.1 Å². The monoisotopic (exact) mass is 261 g/mol. The summed E-state index contributed by atoms with van der Waals surface area (Å²) < 4.78 is 5.47. The minimum atomic E-state index is 0.145. The van der Waals surface area contributed by atoms with Gasteiger partial charge in [-0.05, 0) is 18.9 Å². The van der Waals surface area contributed by atoms with Crippen molar-refractivity contribution in [2.75, 3.05) is 13.2 Å². The maximum atomic E-state index is 12.2. The average Bonchev–Trinajstić information content (AvgIpc) is 2.40. The van der Waals surface area contributed by atoms with Gasteiger partial charge in [-0.2, -0.15) is 0 Å². The highest BCUT2D eigenvalue weighted by Crippen LogP contribution is 2.12. The smallest absolute Gasteiger partial charge is 0.164 e. The number of ketones is 1. The molecule has 2 atom stereocenters. The molecule has 3 heteroatoms. The number of ether oxygens (including phenoxy) is 1. The molecule has 0 bridgehead atoms. The zero-order chi connectivity index (χ0) is 13.7. The van der Waals surface area contributed by atoms with Crippen LogP contribution in [0.25, 0.3) is 0 Å². The second-order valence-corrected chi connectivity index (χ2v) is 5.38. The molecular formula is C16H23NO2. The van der Waals surface area contributed by atoms with Crippen LogP contribution in [0, 0.1) is 0 Å². The summed E-state index contributed by atoms with van der Waals surface area (Å²) in [7, 11) is 0. The number of carbonyl (C=O) groups is 1. The molecule has 3 nitrogen and oxygen atoms in total. The molecule has 0 radical (unpaired) electrons. The molecule has 1 fully saturated rings. The van der Waals surface area contributed by atoms with Crippen LogP contribution < -0.4 is 5.32 Å². The fraction of sp³-hybridized carbons (Fsp3) is 0.562. The Bertz CT molecular complexity index is 413. The Balaban J connectivity index is 1.91. The lowest BCUT2D eigenvalue weighted by atomic mass is 10.0. The maximum Gasteiger partial charge on any atom is 0.164 e. The Hall–Kier alpha value is -1.19. The minimum absolute atomic E-state index is 0.145. The van der Waals surface area contributed by atoms with Gasteiger partial charge >= 0.3 is 0 Å². The molecule has 1 aliphatic rings. The molecule has 19 heavy (non-hydrogen) atoms. The number of morpholine rings is 1. The van der Waals surface area contributed by atoms with Gasteiger partial charge in [0.25, 0.3) is 0 Å². The molecule has 1 N–H and O–H groups in total. The van der Waals surface area contributed by atoms with E-state index in [2.05, 4.69) is 31.3 Å². The van der Waals surface area contributed by atoms with E-state index >= 15 is 0 Å².